The quantitative estimate of drug-likeness (QED) is 0.704. The van der Waals surface area contributed by atoms with Crippen LogP contribution in [0.15, 0.2) is 30.3 Å². The highest BCUT2D eigenvalue weighted by atomic mass is 16.3. The molecule has 1 heterocycles. The van der Waals surface area contributed by atoms with E-state index >= 15 is 0 Å². The van der Waals surface area contributed by atoms with Gasteiger partial charge in [-0.05, 0) is 75.2 Å². The molecule has 0 saturated carbocycles. The first-order valence-corrected chi connectivity index (χ1v) is 11.3. The van der Waals surface area contributed by atoms with Crippen molar-refractivity contribution in [1.82, 2.24) is 9.80 Å². The number of carbonyl (C=O) groups excluding carboxylic acids is 1. The molecule has 0 aromatic heterocycles. The van der Waals surface area contributed by atoms with E-state index in [4.69, 9.17) is 0 Å². The van der Waals surface area contributed by atoms with Crippen molar-refractivity contribution in [3.63, 3.8) is 0 Å². The monoisotopic (exact) mass is 400 g/mol. The van der Waals surface area contributed by atoms with Gasteiger partial charge in [-0.25, -0.2) is 0 Å². The van der Waals surface area contributed by atoms with Gasteiger partial charge >= 0.3 is 0 Å². The molecule has 29 heavy (non-hydrogen) atoms. The van der Waals surface area contributed by atoms with Crippen LogP contribution in [0.1, 0.15) is 64.5 Å². The fraction of sp³-hybridized carbons (Fsp3) is 0.640. The fourth-order valence-electron chi connectivity index (χ4n) is 4.02. The van der Waals surface area contributed by atoms with E-state index in [1.807, 2.05) is 11.8 Å². The number of carbonyl (C=O) groups is 1. The van der Waals surface area contributed by atoms with E-state index in [9.17, 15) is 9.90 Å². The number of benzene rings is 1. The average molecular weight is 401 g/mol. The molecule has 2 atom stereocenters. The number of nitrogens with zero attached hydrogens (tertiary/aromatic N) is 2. The van der Waals surface area contributed by atoms with Crippen LogP contribution in [0.5, 0.6) is 0 Å². The molecule has 1 aromatic rings. The van der Waals surface area contributed by atoms with Gasteiger partial charge in [0.1, 0.15) is 5.60 Å². The first-order chi connectivity index (χ1) is 13.8. The van der Waals surface area contributed by atoms with Crippen LogP contribution >= 0.6 is 0 Å². The molecule has 1 aromatic carbocycles. The van der Waals surface area contributed by atoms with Crippen molar-refractivity contribution in [3.05, 3.63) is 41.5 Å². The molecule has 1 N–H and O–H groups in total. The van der Waals surface area contributed by atoms with Crippen LogP contribution in [0.2, 0.25) is 0 Å². The SMILES string of the molecule is CCCN(C)CCc1ccc(/C2=C/CCCN(C(=O)C(C)(O)CC)CC2C)cc1. The second-order valence-corrected chi connectivity index (χ2v) is 8.83. The van der Waals surface area contributed by atoms with Crippen molar-refractivity contribution in [2.45, 2.75) is 65.4 Å². The number of allylic oxidation sites excluding steroid dienone is 1. The summed E-state index contributed by atoms with van der Waals surface area (Å²) >= 11 is 0. The summed E-state index contributed by atoms with van der Waals surface area (Å²) in [5, 5.41) is 10.4. The first-order valence-electron chi connectivity index (χ1n) is 11.3. The van der Waals surface area contributed by atoms with Gasteiger partial charge in [-0.3, -0.25) is 4.79 Å². The lowest BCUT2D eigenvalue weighted by atomic mass is 9.89. The van der Waals surface area contributed by atoms with Crippen LogP contribution in [0.4, 0.5) is 0 Å². The summed E-state index contributed by atoms with van der Waals surface area (Å²) in [7, 11) is 2.18. The number of aliphatic hydroxyl groups is 1. The van der Waals surface area contributed by atoms with E-state index in [1.165, 1.54) is 23.1 Å². The van der Waals surface area contributed by atoms with Crippen molar-refractivity contribution < 1.29 is 9.90 Å². The van der Waals surface area contributed by atoms with Gasteiger partial charge in [0.05, 0.1) is 0 Å². The van der Waals surface area contributed by atoms with E-state index in [2.05, 4.69) is 56.1 Å². The van der Waals surface area contributed by atoms with E-state index in [0.717, 1.165) is 32.4 Å². The van der Waals surface area contributed by atoms with Crippen LogP contribution in [0, 0.1) is 5.92 Å². The summed E-state index contributed by atoms with van der Waals surface area (Å²) < 4.78 is 0. The Balaban J connectivity index is 2.06. The molecule has 0 spiro atoms. The lowest BCUT2D eigenvalue weighted by Crippen LogP contribution is -2.48. The van der Waals surface area contributed by atoms with Gasteiger partial charge in [-0.1, -0.05) is 51.1 Å². The van der Waals surface area contributed by atoms with E-state index in [-0.39, 0.29) is 11.8 Å². The minimum atomic E-state index is -1.27. The third-order valence-electron chi connectivity index (χ3n) is 6.13. The topological polar surface area (TPSA) is 43.8 Å². The highest BCUT2D eigenvalue weighted by Crippen LogP contribution is 2.28. The number of amides is 1. The highest BCUT2D eigenvalue weighted by molar-refractivity contribution is 5.84. The lowest BCUT2D eigenvalue weighted by Gasteiger charge is -2.34. The van der Waals surface area contributed by atoms with Crippen molar-refractivity contribution in [3.8, 4) is 0 Å². The van der Waals surface area contributed by atoms with Gasteiger partial charge in [0, 0.05) is 19.6 Å². The number of rotatable bonds is 8. The molecule has 0 bridgehead atoms. The second kappa shape index (κ2) is 10.9. The largest absolute Gasteiger partial charge is 0.380 e. The maximum absolute atomic E-state index is 12.8. The molecular formula is C25H40N2O2. The standard InChI is InChI=1S/C25H40N2O2/c1-6-16-26(5)18-15-21-11-13-22(14-12-21)23-10-8-9-17-27(19-20(23)3)24(28)25(4,29)7-2/h10-14,20,29H,6-9,15-19H2,1-5H3/b23-10+. The third-order valence-corrected chi connectivity index (χ3v) is 6.13. The molecule has 1 aliphatic heterocycles. The molecule has 162 valence electrons. The minimum Gasteiger partial charge on any atom is -0.380 e. The zero-order valence-electron chi connectivity index (χ0n) is 19.1. The molecule has 4 heteroatoms. The first kappa shape index (κ1) is 23.6. The molecule has 0 radical (unpaired) electrons. The normalized spacial score (nSPS) is 21.8. The summed E-state index contributed by atoms with van der Waals surface area (Å²) in [6, 6.07) is 8.94. The number of likely N-dealkylation sites (N-methyl/N-ethyl adjacent to an activating group) is 1. The minimum absolute atomic E-state index is 0.139. The lowest BCUT2D eigenvalue weighted by molar-refractivity contribution is -0.150. The molecular weight excluding hydrogens is 360 g/mol. The number of hydrogen-bond donors (Lipinski definition) is 1. The molecule has 2 unspecified atom stereocenters. The van der Waals surface area contributed by atoms with Gasteiger partial charge in [0.25, 0.3) is 5.91 Å². The Morgan fingerprint density at radius 2 is 1.93 bits per heavy atom. The Morgan fingerprint density at radius 1 is 1.24 bits per heavy atom. The van der Waals surface area contributed by atoms with Crippen LogP contribution in [-0.2, 0) is 11.2 Å². The number of hydrogen-bond acceptors (Lipinski definition) is 3. The van der Waals surface area contributed by atoms with Crippen LogP contribution in [0.25, 0.3) is 5.57 Å². The Morgan fingerprint density at radius 3 is 2.55 bits per heavy atom. The van der Waals surface area contributed by atoms with E-state index < -0.39 is 5.60 Å². The summed E-state index contributed by atoms with van der Waals surface area (Å²) in [6.07, 6.45) is 6.93. The molecule has 0 fully saturated rings. The van der Waals surface area contributed by atoms with Crippen LogP contribution in [-0.4, -0.2) is 59.6 Å². The summed E-state index contributed by atoms with van der Waals surface area (Å²) in [6.45, 7) is 11.5. The third kappa shape index (κ3) is 6.68. The summed E-state index contributed by atoms with van der Waals surface area (Å²) in [5.41, 5.74) is 2.66. The van der Waals surface area contributed by atoms with Gasteiger partial charge in [-0.15, -0.1) is 0 Å². The van der Waals surface area contributed by atoms with Gasteiger partial charge in [0.2, 0.25) is 0 Å². The van der Waals surface area contributed by atoms with Crippen molar-refractivity contribution in [2.24, 2.45) is 5.92 Å². The van der Waals surface area contributed by atoms with Crippen LogP contribution in [0.3, 0.4) is 0 Å². The van der Waals surface area contributed by atoms with Crippen molar-refractivity contribution >= 4 is 11.5 Å². The smallest absolute Gasteiger partial charge is 0.254 e. The Bertz CT molecular complexity index is 679. The molecule has 1 amide bonds. The molecule has 4 nitrogen and oxygen atoms in total. The Kier molecular flexibility index (Phi) is 8.91. The van der Waals surface area contributed by atoms with Gasteiger partial charge < -0.3 is 14.9 Å². The Hall–Kier alpha value is -1.65. The Labute approximate surface area is 177 Å². The zero-order chi connectivity index (χ0) is 21.4. The van der Waals surface area contributed by atoms with E-state index in [1.54, 1.807) is 6.92 Å². The highest BCUT2D eigenvalue weighted by Gasteiger charge is 2.33. The predicted molar refractivity (Wildman–Crippen MR) is 122 cm³/mol. The summed E-state index contributed by atoms with van der Waals surface area (Å²) in [4.78, 5) is 17.0. The maximum atomic E-state index is 12.8. The fourth-order valence-corrected chi connectivity index (χ4v) is 4.02. The van der Waals surface area contributed by atoms with Crippen molar-refractivity contribution in [1.29, 1.82) is 0 Å². The second-order valence-electron chi connectivity index (χ2n) is 8.83. The van der Waals surface area contributed by atoms with Gasteiger partial charge in [-0.2, -0.15) is 0 Å². The van der Waals surface area contributed by atoms with Crippen LogP contribution < -0.4 is 0 Å². The predicted octanol–water partition coefficient (Wildman–Crippen LogP) is 4.37. The van der Waals surface area contributed by atoms with E-state index in [0.29, 0.717) is 19.5 Å². The maximum Gasteiger partial charge on any atom is 0.254 e. The molecule has 0 saturated heterocycles. The van der Waals surface area contributed by atoms with Crippen molar-refractivity contribution in [2.75, 3.05) is 33.2 Å². The van der Waals surface area contributed by atoms with Gasteiger partial charge in [0.15, 0.2) is 0 Å². The average Bonchev–Trinajstić information content (AvgIpc) is 2.69. The molecule has 1 aliphatic rings. The zero-order valence-corrected chi connectivity index (χ0v) is 19.1. The summed E-state index contributed by atoms with van der Waals surface area (Å²) in [5.74, 6) is 0.105. The molecule has 2 rings (SSSR count). The molecule has 0 aliphatic carbocycles.